The van der Waals surface area contributed by atoms with Crippen LogP contribution >= 0.6 is 0 Å². The number of likely N-dealkylation sites (tertiary alicyclic amines) is 1. The summed E-state index contributed by atoms with van der Waals surface area (Å²) < 4.78 is 5.22. The third kappa shape index (κ3) is 4.72. The molecule has 120 valence electrons. The summed E-state index contributed by atoms with van der Waals surface area (Å²) in [5, 5.41) is 3.00. The predicted molar refractivity (Wildman–Crippen MR) is 82.5 cm³/mol. The van der Waals surface area contributed by atoms with Crippen molar-refractivity contribution in [3.8, 4) is 0 Å². The van der Waals surface area contributed by atoms with Crippen molar-refractivity contribution in [3.63, 3.8) is 0 Å². The molecule has 0 aromatic carbocycles. The van der Waals surface area contributed by atoms with Crippen molar-refractivity contribution < 1.29 is 14.3 Å². The molecule has 0 atom stereocenters. The number of aromatic nitrogens is 1. The molecule has 0 aliphatic carbocycles. The van der Waals surface area contributed by atoms with E-state index in [2.05, 4.69) is 10.3 Å². The molecule has 1 aromatic rings. The molecule has 1 aliphatic rings. The first-order valence-electron chi connectivity index (χ1n) is 7.69. The summed E-state index contributed by atoms with van der Waals surface area (Å²) in [4.78, 5) is 29.5. The first kappa shape index (κ1) is 16.3. The maximum Gasteiger partial charge on any atom is 0.409 e. The molecule has 2 rings (SSSR count). The van der Waals surface area contributed by atoms with Gasteiger partial charge < -0.3 is 15.0 Å². The van der Waals surface area contributed by atoms with E-state index in [1.165, 1.54) is 0 Å². The quantitative estimate of drug-likeness (QED) is 0.924. The minimum absolute atomic E-state index is 0.0924. The number of pyridine rings is 1. The molecule has 0 saturated carbocycles. The van der Waals surface area contributed by atoms with E-state index >= 15 is 0 Å². The van der Waals surface area contributed by atoms with Gasteiger partial charge in [0.15, 0.2) is 0 Å². The van der Waals surface area contributed by atoms with Crippen LogP contribution in [0.4, 0.5) is 4.79 Å². The zero-order valence-corrected chi connectivity index (χ0v) is 13.1. The van der Waals surface area contributed by atoms with Gasteiger partial charge in [0.25, 0.3) is 5.91 Å². The van der Waals surface area contributed by atoms with E-state index in [0.717, 1.165) is 12.8 Å². The summed E-state index contributed by atoms with van der Waals surface area (Å²) in [6.07, 6.45) is 4.43. The minimum atomic E-state index is -0.257. The zero-order valence-electron chi connectivity index (χ0n) is 13.1. The highest BCUT2D eigenvalue weighted by Crippen LogP contribution is 2.12. The van der Waals surface area contributed by atoms with Gasteiger partial charge in [0.2, 0.25) is 0 Å². The van der Waals surface area contributed by atoms with Crippen molar-refractivity contribution >= 4 is 12.0 Å². The normalized spacial score (nSPS) is 15.7. The Bertz CT molecular complexity index is 497. The number of ether oxygens (including phenoxy) is 1. The van der Waals surface area contributed by atoms with Crippen molar-refractivity contribution in [3.05, 3.63) is 30.1 Å². The molecule has 0 bridgehead atoms. The van der Waals surface area contributed by atoms with Gasteiger partial charge in [-0.15, -0.1) is 0 Å². The van der Waals surface area contributed by atoms with Crippen molar-refractivity contribution in [2.45, 2.75) is 32.7 Å². The van der Waals surface area contributed by atoms with E-state index in [-0.39, 0.29) is 18.0 Å². The van der Waals surface area contributed by atoms with Crippen LogP contribution in [-0.4, -0.2) is 47.6 Å². The highest BCUT2D eigenvalue weighted by atomic mass is 16.6. The molecule has 1 fully saturated rings. The van der Waals surface area contributed by atoms with Gasteiger partial charge in [-0.25, -0.2) is 4.79 Å². The molecule has 0 unspecified atom stereocenters. The van der Waals surface area contributed by atoms with Crippen molar-refractivity contribution in [2.75, 3.05) is 19.7 Å². The number of piperidine rings is 1. The first-order valence-corrected chi connectivity index (χ1v) is 7.69. The lowest BCUT2D eigenvalue weighted by molar-refractivity contribution is 0.0785. The molecule has 1 aliphatic heterocycles. The molecule has 2 heterocycles. The van der Waals surface area contributed by atoms with Crippen LogP contribution in [0.2, 0.25) is 0 Å². The maximum atomic E-state index is 12.1. The summed E-state index contributed by atoms with van der Waals surface area (Å²) in [6, 6.07) is 3.47. The van der Waals surface area contributed by atoms with Crippen LogP contribution in [0.3, 0.4) is 0 Å². The molecule has 1 N–H and O–H groups in total. The lowest BCUT2D eigenvalue weighted by atomic mass is 10.0. The monoisotopic (exact) mass is 305 g/mol. The van der Waals surface area contributed by atoms with Gasteiger partial charge in [-0.2, -0.15) is 0 Å². The number of carbonyl (C=O) groups excluding carboxylic acids is 2. The first-order chi connectivity index (χ1) is 10.6. The molecule has 2 amide bonds. The molecule has 22 heavy (non-hydrogen) atoms. The van der Waals surface area contributed by atoms with Crippen LogP contribution in [0.15, 0.2) is 24.5 Å². The van der Waals surface area contributed by atoms with E-state index in [4.69, 9.17) is 4.74 Å². The van der Waals surface area contributed by atoms with Crippen LogP contribution in [0.25, 0.3) is 0 Å². The molecule has 1 aromatic heterocycles. The standard InChI is InChI=1S/C16H23N3O3/c1-12(2)11-22-16(21)19-9-5-14(6-10-19)18-15(20)13-3-7-17-8-4-13/h3-4,7-8,12,14H,5-6,9-11H2,1-2H3,(H,18,20). The number of carbonyl (C=O) groups is 2. The van der Waals surface area contributed by atoms with Crippen LogP contribution in [0.1, 0.15) is 37.0 Å². The highest BCUT2D eigenvalue weighted by Gasteiger charge is 2.25. The Morgan fingerprint density at radius 1 is 1.32 bits per heavy atom. The van der Waals surface area contributed by atoms with Gasteiger partial charge in [-0.05, 0) is 30.9 Å². The maximum absolute atomic E-state index is 12.1. The topological polar surface area (TPSA) is 71.5 Å². The second-order valence-electron chi connectivity index (χ2n) is 5.94. The van der Waals surface area contributed by atoms with Crippen molar-refractivity contribution in [1.29, 1.82) is 0 Å². The summed E-state index contributed by atoms with van der Waals surface area (Å²) in [7, 11) is 0. The third-order valence-electron chi connectivity index (χ3n) is 3.57. The minimum Gasteiger partial charge on any atom is -0.449 e. The average Bonchev–Trinajstić information content (AvgIpc) is 2.54. The summed E-state index contributed by atoms with van der Waals surface area (Å²) in [6.45, 7) is 5.68. The average molecular weight is 305 g/mol. The molecule has 0 spiro atoms. The highest BCUT2D eigenvalue weighted by molar-refractivity contribution is 5.94. The van der Waals surface area contributed by atoms with E-state index < -0.39 is 0 Å². The molecule has 0 radical (unpaired) electrons. The van der Waals surface area contributed by atoms with E-state index in [0.29, 0.717) is 31.2 Å². The zero-order chi connectivity index (χ0) is 15.9. The van der Waals surface area contributed by atoms with E-state index in [1.54, 1.807) is 29.4 Å². The number of nitrogens with one attached hydrogen (secondary N) is 1. The molecule has 6 nitrogen and oxygen atoms in total. The van der Waals surface area contributed by atoms with Crippen LogP contribution in [0, 0.1) is 5.92 Å². The number of hydrogen-bond donors (Lipinski definition) is 1. The van der Waals surface area contributed by atoms with Gasteiger partial charge in [-0.3, -0.25) is 9.78 Å². The van der Waals surface area contributed by atoms with Crippen molar-refractivity contribution in [2.24, 2.45) is 5.92 Å². The van der Waals surface area contributed by atoms with Gasteiger partial charge in [-0.1, -0.05) is 13.8 Å². The largest absolute Gasteiger partial charge is 0.449 e. The van der Waals surface area contributed by atoms with E-state index in [1.807, 2.05) is 13.8 Å². The Labute approximate surface area is 130 Å². The second-order valence-corrected chi connectivity index (χ2v) is 5.94. The predicted octanol–water partition coefficient (Wildman–Crippen LogP) is 2.07. The fourth-order valence-corrected chi connectivity index (χ4v) is 2.31. The fraction of sp³-hybridized carbons (Fsp3) is 0.562. The Balaban J connectivity index is 1.75. The van der Waals surface area contributed by atoms with Crippen LogP contribution < -0.4 is 5.32 Å². The summed E-state index contributed by atoms with van der Waals surface area (Å²) in [5.74, 6) is 0.240. The molecular weight excluding hydrogens is 282 g/mol. The summed E-state index contributed by atoms with van der Waals surface area (Å²) >= 11 is 0. The van der Waals surface area contributed by atoms with Crippen LogP contribution in [-0.2, 0) is 4.74 Å². The lowest BCUT2D eigenvalue weighted by Gasteiger charge is -2.31. The molecular formula is C16H23N3O3. The van der Waals surface area contributed by atoms with E-state index in [9.17, 15) is 9.59 Å². The van der Waals surface area contributed by atoms with Gasteiger partial charge >= 0.3 is 6.09 Å². The number of nitrogens with zero attached hydrogens (tertiary/aromatic N) is 2. The number of rotatable bonds is 4. The van der Waals surface area contributed by atoms with Gasteiger partial charge in [0.1, 0.15) is 0 Å². The van der Waals surface area contributed by atoms with Crippen molar-refractivity contribution in [1.82, 2.24) is 15.2 Å². The Morgan fingerprint density at radius 2 is 1.95 bits per heavy atom. The molecule has 1 saturated heterocycles. The Hall–Kier alpha value is -2.11. The second kappa shape index (κ2) is 7.77. The number of amides is 2. The molecule has 6 heteroatoms. The fourth-order valence-electron chi connectivity index (χ4n) is 2.31. The third-order valence-corrected chi connectivity index (χ3v) is 3.57. The van der Waals surface area contributed by atoms with Crippen LogP contribution in [0.5, 0.6) is 0 Å². The summed E-state index contributed by atoms with van der Waals surface area (Å²) in [5.41, 5.74) is 0.605. The Morgan fingerprint density at radius 3 is 2.55 bits per heavy atom. The Kier molecular flexibility index (Phi) is 5.75. The number of hydrogen-bond acceptors (Lipinski definition) is 4. The van der Waals surface area contributed by atoms with Gasteiger partial charge in [0.05, 0.1) is 6.61 Å². The SMILES string of the molecule is CC(C)COC(=O)N1CCC(NC(=O)c2ccncc2)CC1. The lowest BCUT2D eigenvalue weighted by Crippen LogP contribution is -2.46. The van der Waals surface area contributed by atoms with Gasteiger partial charge in [0, 0.05) is 37.1 Å². The smallest absolute Gasteiger partial charge is 0.409 e.